The number of aromatic amines is 1. The van der Waals surface area contributed by atoms with E-state index in [1.807, 2.05) is 6.92 Å². The lowest BCUT2D eigenvalue weighted by molar-refractivity contribution is 0.592. The highest BCUT2D eigenvalue weighted by molar-refractivity contribution is 5.38. The minimum absolute atomic E-state index is 0.147. The molecule has 90 valence electrons. The number of rotatable bonds is 4. The quantitative estimate of drug-likeness (QED) is 0.819. The molecule has 17 heavy (non-hydrogen) atoms. The maximum Gasteiger partial charge on any atom is 0.196 e. The average molecular weight is 237 g/mol. The Balaban J connectivity index is 2.19. The molecule has 0 radical (unpaired) electrons. The Morgan fingerprint density at radius 3 is 2.94 bits per heavy atom. The summed E-state index contributed by atoms with van der Waals surface area (Å²) in [7, 11) is 0. The van der Waals surface area contributed by atoms with Crippen LogP contribution in [0.3, 0.4) is 0 Å². The van der Waals surface area contributed by atoms with Crippen LogP contribution in [0.15, 0.2) is 6.33 Å². The molecule has 8 heteroatoms. The molecule has 0 bridgehead atoms. The summed E-state index contributed by atoms with van der Waals surface area (Å²) in [6.45, 7) is 3.62. The minimum atomic E-state index is -0.439. The lowest BCUT2D eigenvalue weighted by Crippen LogP contribution is -2.12. The molecule has 0 saturated heterocycles. The lowest BCUT2D eigenvalue weighted by atomic mass is 10.2. The number of nitrogens with one attached hydrogen (secondary N) is 2. The van der Waals surface area contributed by atoms with E-state index in [0.29, 0.717) is 17.9 Å². The highest BCUT2D eigenvalue weighted by Gasteiger charge is 2.15. The topological polar surface area (TPSA) is 92.3 Å². The summed E-state index contributed by atoms with van der Waals surface area (Å²) in [6, 6.07) is -0.289. The van der Waals surface area contributed by atoms with Crippen LogP contribution in [0.1, 0.15) is 31.4 Å². The van der Waals surface area contributed by atoms with E-state index in [1.54, 1.807) is 6.92 Å². The molecule has 2 aromatic heterocycles. The molecular formula is C9H12FN7. The van der Waals surface area contributed by atoms with Gasteiger partial charge in [-0.2, -0.15) is 5.21 Å². The van der Waals surface area contributed by atoms with Crippen LogP contribution >= 0.6 is 0 Å². The molecular weight excluding hydrogens is 225 g/mol. The summed E-state index contributed by atoms with van der Waals surface area (Å²) in [5.74, 6) is 0.153. The van der Waals surface area contributed by atoms with Gasteiger partial charge in [-0.1, -0.05) is 12.1 Å². The van der Waals surface area contributed by atoms with Crippen LogP contribution < -0.4 is 5.32 Å². The second-order valence-corrected chi connectivity index (χ2v) is 3.47. The molecule has 0 amide bonds. The Kier molecular flexibility index (Phi) is 3.22. The summed E-state index contributed by atoms with van der Waals surface area (Å²) < 4.78 is 13.8. The number of aromatic nitrogens is 6. The predicted molar refractivity (Wildman–Crippen MR) is 57.6 cm³/mol. The monoisotopic (exact) mass is 237 g/mol. The Morgan fingerprint density at radius 1 is 1.47 bits per heavy atom. The van der Waals surface area contributed by atoms with Gasteiger partial charge in [0.25, 0.3) is 0 Å². The van der Waals surface area contributed by atoms with Gasteiger partial charge in [-0.3, -0.25) is 0 Å². The van der Waals surface area contributed by atoms with E-state index in [-0.39, 0.29) is 11.9 Å². The summed E-state index contributed by atoms with van der Waals surface area (Å²) >= 11 is 0. The SMILES string of the molecule is CCc1ncnc(NC(C)c2nn[nH]n2)c1F. The molecule has 0 aliphatic carbocycles. The Morgan fingerprint density at radius 2 is 2.29 bits per heavy atom. The first-order valence-electron chi connectivity index (χ1n) is 5.21. The highest BCUT2D eigenvalue weighted by Crippen LogP contribution is 2.18. The van der Waals surface area contributed by atoms with Crippen molar-refractivity contribution in [2.24, 2.45) is 0 Å². The fourth-order valence-corrected chi connectivity index (χ4v) is 1.38. The first-order chi connectivity index (χ1) is 8.22. The standard InChI is InChI=1S/C9H12FN7/c1-3-6-7(10)9(12-4-11-6)13-5(2)8-14-16-17-15-8/h4-5H,3H2,1-2H3,(H,11,12,13)(H,14,15,16,17). The molecule has 1 atom stereocenters. The van der Waals surface area contributed by atoms with Gasteiger partial charge in [0, 0.05) is 0 Å². The third-order valence-electron chi connectivity index (χ3n) is 2.30. The summed E-state index contributed by atoms with van der Waals surface area (Å²) in [6.07, 6.45) is 1.84. The molecule has 0 fully saturated rings. The van der Waals surface area contributed by atoms with Gasteiger partial charge in [0.15, 0.2) is 17.5 Å². The summed E-state index contributed by atoms with van der Waals surface area (Å²) in [4.78, 5) is 7.70. The molecule has 2 heterocycles. The number of H-pyrrole nitrogens is 1. The van der Waals surface area contributed by atoms with Gasteiger partial charge in [0.1, 0.15) is 6.33 Å². The maximum absolute atomic E-state index is 13.8. The van der Waals surface area contributed by atoms with Crippen LogP contribution in [0.5, 0.6) is 0 Å². The van der Waals surface area contributed by atoms with Gasteiger partial charge in [0.05, 0.1) is 11.7 Å². The van der Waals surface area contributed by atoms with Crippen molar-refractivity contribution in [3.05, 3.63) is 23.7 Å². The summed E-state index contributed by atoms with van der Waals surface area (Å²) in [5, 5.41) is 16.3. The number of anilines is 1. The van der Waals surface area contributed by atoms with E-state index in [0.717, 1.165) is 0 Å². The van der Waals surface area contributed by atoms with Gasteiger partial charge < -0.3 is 5.32 Å². The van der Waals surface area contributed by atoms with Crippen molar-refractivity contribution in [1.29, 1.82) is 0 Å². The Labute approximate surface area is 96.9 Å². The second kappa shape index (κ2) is 4.81. The van der Waals surface area contributed by atoms with Crippen LogP contribution in [0, 0.1) is 5.82 Å². The molecule has 0 spiro atoms. The molecule has 2 N–H and O–H groups in total. The minimum Gasteiger partial charge on any atom is -0.358 e. The third-order valence-corrected chi connectivity index (χ3v) is 2.30. The van der Waals surface area contributed by atoms with Crippen molar-refractivity contribution in [3.8, 4) is 0 Å². The zero-order chi connectivity index (χ0) is 12.3. The van der Waals surface area contributed by atoms with Gasteiger partial charge in [-0.25, -0.2) is 14.4 Å². The van der Waals surface area contributed by atoms with Gasteiger partial charge in [-0.05, 0) is 13.3 Å². The van der Waals surface area contributed by atoms with Gasteiger partial charge in [0.2, 0.25) is 0 Å². The normalized spacial score (nSPS) is 12.4. The van der Waals surface area contributed by atoms with E-state index in [9.17, 15) is 4.39 Å². The third kappa shape index (κ3) is 2.35. The van der Waals surface area contributed by atoms with Crippen molar-refractivity contribution in [2.75, 3.05) is 5.32 Å². The van der Waals surface area contributed by atoms with Crippen molar-refractivity contribution < 1.29 is 4.39 Å². The number of hydrogen-bond acceptors (Lipinski definition) is 6. The number of aryl methyl sites for hydroxylation is 1. The van der Waals surface area contributed by atoms with E-state index < -0.39 is 5.82 Å². The van der Waals surface area contributed by atoms with Crippen molar-refractivity contribution >= 4 is 5.82 Å². The molecule has 0 aromatic carbocycles. The molecule has 1 unspecified atom stereocenters. The fraction of sp³-hybridized carbons (Fsp3) is 0.444. The molecule has 0 aliphatic heterocycles. The smallest absolute Gasteiger partial charge is 0.196 e. The van der Waals surface area contributed by atoms with Gasteiger partial charge >= 0.3 is 0 Å². The summed E-state index contributed by atoms with van der Waals surface area (Å²) in [5.41, 5.74) is 0.378. The second-order valence-electron chi connectivity index (χ2n) is 3.47. The zero-order valence-electron chi connectivity index (χ0n) is 9.48. The average Bonchev–Trinajstić information content (AvgIpc) is 2.85. The number of nitrogens with zero attached hydrogens (tertiary/aromatic N) is 5. The molecule has 2 rings (SSSR count). The zero-order valence-corrected chi connectivity index (χ0v) is 9.48. The van der Waals surface area contributed by atoms with E-state index in [2.05, 4.69) is 35.9 Å². The van der Waals surface area contributed by atoms with Crippen LogP contribution in [-0.2, 0) is 6.42 Å². The number of halogens is 1. The predicted octanol–water partition coefficient (Wildman–Crippen LogP) is 0.864. The highest BCUT2D eigenvalue weighted by atomic mass is 19.1. The first kappa shape index (κ1) is 11.4. The van der Waals surface area contributed by atoms with Gasteiger partial charge in [-0.15, -0.1) is 10.2 Å². The van der Waals surface area contributed by atoms with E-state index >= 15 is 0 Å². The number of tetrazole rings is 1. The van der Waals surface area contributed by atoms with Crippen molar-refractivity contribution in [3.63, 3.8) is 0 Å². The van der Waals surface area contributed by atoms with Crippen LogP contribution in [0.4, 0.5) is 10.2 Å². The molecule has 0 aliphatic rings. The van der Waals surface area contributed by atoms with Crippen LogP contribution in [0.25, 0.3) is 0 Å². The first-order valence-corrected chi connectivity index (χ1v) is 5.21. The van der Waals surface area contributed by atoms with Crippen molar-refractivity contribution in [1.82, 2.24) is 30.6 Å². The van der Waals surface area contributed by atoms with E-state index in [4.69, 9.17) is 0 Å². The Bertz CT molecular complexity index is 484. The molecule has 7 nitrogen and oxygen atoms in total. The Hall–Kier alpha value is -2.12. The number of hydrogen-bond donors (Lipinski definition) is 2. The van der Waals surface area contributed by atoms with Crippen molar-refractivity contribution in [2.45, 2.75) is 26.3 Å². The van der Waals surface area contributed by atoms with E-state index in [1.165, 1.54) is 6.33 Å². The fourth-order valence-electron chi connectivity index (χ4n) is 1.38. The van der Waals surface area contributed by atoms with Crippen LogP contribution in [0.2, 0.25) is 0 Å². The molecule has 0 saturated carbocycles. The lowest BCUT2D eigenvalue weighted by Gasteiger charge is -2.11. The maximum atomic E-state index is 13.8. The molecule has 2 aromatic rings. The van der Waals surface area contributed by atoms with Crippen LogP contribution in [-0.4, -0.2) is 30.6 Å². The largest absolute Gasteiger partial charge is 0.358 e.